The van der Waals surface area contributed by atoms with E-state index >= 15 is 0 Å². The molecule has 0 spiro atoms. The lowest BCUT2D eigenvalue weighted by molar-refractivity contribution is -0.141. The summed E-state index contributed by atoms with van der Waals surface area (Å²) >= 11 is 1.91. The van der Waals surface area contributed by atoms with Gasteiger partial charge in [-0.2, -0.15) is 11.8 Å². The molecule has 84 valence electrons. The van der Waals surface area contributed by atoms with Crippen molar-refractivity contribution in [3.05, 3.63) is 0 Å². The van der Waals surface area contributed by atoms with Crippen LogP contribution >= 0.6 is 11.8 Å². The highest BCUT2D eigenvalue weighted by Crippen LogP contribution is 2.51. The van der Waals surface area contributed by atoms with Crippen molar-refractivity contribution in [2.75, 3.05) is 18.6 Å². The molecule has 0 aromatic rings. The van der Waals surface area contributed by atoms with Gasteiger partial charge < -0.3 is 4.74 Å². The SMILES string of the molecule is C#CCCCSCC1(CC(=O)OC)CC1. The molecule has 3 heteroatoms. The number of thioether (sulfide) groups is 1. The maximum atomic E-state index is 11.1. The van der Waals surface area contributed by atoms with E-state index in [4.69, 9.17) is 11.2 Å². The van der Waals surface area contributed by atoms with Crippen molar-refractivity contribution in [1.29, 1.82) is 0 Å². The molecule has 0 aliphatic heterocycles. The van der Waals surface area contributed by atoms with E-state index in [-0.39, 0.29) is 11.4 Å². The van der Waals surface area contributed by atoms with Crippen molar-refractivity contribution in [3.63, 3.8) is 0 Å². The molecule has 0 unspecified atom stereocenters. The standard InChI is InChI=1S/C12H18O2S/c1-3-4-5-8-15-10-12(6-7-12)9-11(13)14-2/h1H,4-10H2,2H3. The first-order valence-electron chi connectivity index (χ1n) is 5.30. The lowest BCUT2D eigenvalue weighted by Gasteiger charge is -2.12. The molecular weight excluding hydrogens is 208 g/mol. The van der Waals surface area contributed by atoms with Gasteiger partial charge in [-0.1, -0.05) is 0 Å². The number of carbonyl (C=O) groups is 1. The summed E-state index contributed by atoms with van der Waals surface area (Å²) in [6.07, 6.45) is 10.0. The normalized spacial score (nSPS) is 16.8. The second kappa shape index (κ2) is 6.07. The molecule has 1 aliphatic rings. The van der Waals surface area contributed by atoms with Crippen LogP contribution in [0.4, 0.5) is 0 Å². The number of unbranched alkanes of at least 4 members (excludes halogenated alkanes) is 1. The van der Waals surface area contributed by atoms with E-state index < -0.39 is 0 Å². The fraction of sp³-hybridized carbons (Fsp3) is 0.750. The maximum Gasteiger partial charge on any atom is 0.306 e. The first-order chi connectivity index (χ1) is 7.22. The van der Waals surface area contributed by atoms with E-state index in [1.54, 1.807) is 0 Å². The minimum absolute atomic E-state index is 0.0725. The summed E-state index contributed by atoms with van der Waals surface area (Å²) in [6.45, 7) is 0. The lowest BCUT2D eigenvalue weighted by atomic mass is 10.1. The fourth-order valence-corrected chi connectivity index (χ4v) is 2.81. The first-order valence-corrected chi connectivity index (χ1v) is 6.46. The van der Waals surface area contributed by atoms with Crippen molar-refractivity contribution in [2.45, 2.75) is 32.1 Å². The van der Waals surface area contributed by atoms with Crippen molar-refractivity contribution >= 4 is 17.7 Å². The molecule has 0 aromatic heterocycles. The summed E-state index contributed by atoms with van der Waals surface area (Å²) in [6, 6.07) is 0. The summed E-state index contributed by atoms with van der Waals surface area (Å²) in [4.78, 5) is 11.1. The lowest BCUT2D eigenvalue weighted by Crippen LogP contribution is -2.13. The third-order valence-corrected chi connectivity index (χ3v) is 4.12. The molecule has 0 bridgehead atoms. The number of methoxy groups -OCH3 is 1. The van der Waals surface area contributed by atoms with Gasteiger partial charge in [0.1, 0.15) is 0 Å². The van der Waals surface area contributed by atoms with Crippen LogP contribution in [0.5, 0.6) is 0 Å². The quantitative estimate of drug-likeness (QED) is 0.379. The van der Waals surface area contributed by atoms with E-state index in [0.29, 0.717) is 6.42 Å². The van der Waals surface area contributed by atoms with Crippen LogP contribution in [-0.2, 0) is 9.53 Å². The van der Waals surface area contributed by atoms with Gasteiger partial charge in [-0.05, 0) is 36.2 Å². The van der Waals surface area contributed by atoms with Crippen LogP contribution in [0, 0.1) is 17.8 Å². The third kappa shape index (κ3) is 4.61. The molecule has 0 N–H and O–H groups in total. The van der Waals surface area contributed by atoms with E-state index in [0.717, 1.165) is 24.3 Å². The Bertz CT molecular complexity index is 251. The molecule has 1 fully saturated rings. The predicted octanol–water partition coefficient (Wildman–Crippen LogP) is 2.48. The molecule has 0 atom stereocenters. The Kier molecular flexibility index (Phi) is 5.04. The zero-order valence-electron chi connectivity index (χ0n) is 9.25. The minimum atomic E-state index is -0.0725. The van der Waals surface area contributed by atoms with Gasteiger partial charge in [0.2, 0.25) is 0 Å². The summed E-state index contributed by atoms with van der Waals surface area (Å²) < 4.78 is 4.70. The number of rotatable bonds is 7. The Labute approximate surface area is 96.1 Å². The monoisotopic (exact) mass is 226 g/mol. The Morgan fingerprint density at radius 1 is 1.60 bits per heavy atom. The van der Waals surface area contributed by atoms with Crippen LogP contribution in [0.15, 0.2) is 0 Å². The number of esters is 1. The van der Waals surface area contributed by atoms with Gasteiger partial charge in [0.15, 0.2) is 0 Å². The predicted molar refractivity (Wildman–Crippen MR) is 63.7 cm³/mol. The first kappa shape index (κ1) is 12.4. The van der Waals surface area contributed by atoms with Crippen LogP contribution in [0.1, 0.15) is 32.1 Å². The van der Waals surface area contributed by atoms with E-state index in [1.165, 1.54) is 20.0 Å². The number of carbonyl (C=O) groups excluding carboxylic acids is 1. The van der Waals surface area contributed by atoms with E-state index in [1.807, 2.05) is 11.8 Å². The van der Waals surface area contributed by atoms with Crippen molar-refractivity contribution in [1.82, 2.24) is 0 Å². The molecule has 1 saturated carbocycles. The minimum Gasteiger partial charge on any atom is -0.469 e. The van der Waals surface area contributed by atoms with Gasteiger partial charge in [0, 0.05) is 6.42 Å². The Morgan fingerprint density at radius 2 is 2.33 bits per heavy atom. The Hall–Kier alpha value is -0.620. The van der Waals surface area contributed by atoms with Crippen LogP contribution < -0.4 is 0 Å². The molecule has 1 rings (SSSR count). The van der Waals surface area contributed by atoms with Crippen molar-refractivity contribution in [3.8, 4) is 12.3 Å². The summed E-state index contributed by atoms with van der Waals surface area (Å²) in [7, 11) is 1.46. The maximum absolute atomic E-state index is 11.1. The topological polar surface area (TPSA) is 26.3 Å². The molecule has 0 saturated heterocycles. The molecule has 15 heavy (non-hydrogen) atoms. The molecular formula is C12H18O2S. The van der Waals surface area contributed by atoms with Gasteiger partial charge in [0.25, 0.3) is 0 Å². The Balaban J connectivity index is 2.10. The number of hydrogen-bond acceptors (Lipinski definition) is 3. The van der Waals surface area contributed by atoms with Crippen LogP contribution in [0.2, 0.25) is 0 Å². The second-order valence-corrected chi connectivity index (χ2v) is 5.22. The third-order valence-electron chi connectivity index (χ3n) is 2.72. The van der Waals surface area contributed by atoms with E-state index in [2.05, 4.69) is 5.92 Å². The van der Waals surface area contributed by atoms with Crippen LogP contribution in [0.3, 0.4) is 0 Å². The molecule has 0 radical (unpaired) electrons. The second-order valence-electron chi connectivity index (χ2n) is 4.11. The average molecular weight is 226 g/mol. The van der Waals surface area contributed by atoms with Gasteiger partial charge in [0.05, 0.1) is 13.5 Å². The summed E-state index contributed by atoms with van der Waals surface area (Å²) in [5.41, 5.74) is 0.258. The highest BCUT2D eigenvalue weighted by atomic mass is 32.2. The number of hydrogen-bond donors (Lipinski definition) is 0. The Morgan fingerprint density at radius 3 is 2.87 bits per heavy atom. The van der Waals surface area contributed by atoms with Crippen molar-refractivity contribution < 1.29 is 9.53 Å². The van der Waals surface area contributed by atoms with Crippen LogP contribution in [-0.4, -0.2) is 24.6 Å². The van der Waals surface area contributed by atoms with Gasteiger partial charge in [-0.15, -0.1) is 12.3 Å². The summed E-state index contributed by atoms with van der Waals surface area (Å²) in [5, 5.41) is 0. The fourth-order valence-electron chi connectivity index (χ4n) is 1.49. The van der Waals surface area contributed by atoms with Crippen LogP contribution in [0.25, 0.3) is 0 Å². The number of ether oxygens (including phenoxy) is 1. The molecule has 0 heterocycles. The largest absolute Gasteiger partial charge is 0.469 e. The van der Waals surface area contributed by atoms with Gasteiger partial charge in [-0.3, -0.25) is 4.79 Å². The smallest absolute Gasteiger partial charge is 0.306 e. The highest BCUT2D eigenvalue weighted by molar-refractivity contribution is 7.99. The summed E-state index contributed by atoms with van der Waals surface area (Å²) in [5.74, 6) is 4.74. The zero-order valence-corrected chi connectivity index (χ0v) is 10.1. The van der Waals surface area contributed by atoms with E-state index in [9.17, 15) is 4.79 Å². The number of terminal acetylenes is 1. The van der Waals surface area contributed by atoms with Gasteiger partial charge >= 0.3 is 5.97 Å². The molecule has 0 aromatic carbocycles. The zero-order chi connectivity index (χ0) is 11.1. The molecule has 1 aliphatic carbocycles. The average Bonchev–Trinajstić information content (AvgIpc) is 2.98. The highest BCUT2D eigenvalue weighted by Gasteiger charge is 2.44. The molecule has 0 amide bonds. The van der Waals surface area contributed by atoms with Gasteiger partial charge in [-0.25, -0.2) is 0 Å². The molecule has 2 nitrogen and oxygen atoms in total. The van der Waals surface area contributed by atoms with Crippen molar-refractivity contribution in [2.24, 2.45) is 5.41 Å².